The molecule has 3 aromatic rings. The minimum Gasteiger partial charge on any atom is -0.390 e. The van der Waals surface area contributed by atoms with Gasteiger partial charge in [-0.15, -0.1) is 5.10 Å². The summed E-state index contributed by atoms with van der Waals surface area (Å²) in [6.45, 7) is 0.989. The van der Waals surface area contributed by atoms with Crippen molar-refractivity contribution in [2.75, 3.05) is 13.2 Å². The molecule has 3 atom stereocenters. The van der Waals surface area contributed by atoms with E-state index in [1.54, 1.807) is 18.2 Å². The van der Waals surface area contributed by atoms with Gasteiger partial charge in [0.2, 0.25) is 0 Å². The zero-order chi connectivity index (χ0) is 17.8. The molecule has 134 valence electrons. The van der Waals surface area contributed by atoms with E-state index < -0.39 is 0 Å². The van der Waals surface area contributed by atoms with Crippen LogP contribution in [0.15, 0.2) is 29.1 Å². The molecular weight excluding hydrogens is 341 g/mol. The molecule has 3 heterocycles. The minimum atomic E-state index is -0.370. The molecule has 0 radical (unpaired) electrons. The Bertz CT molecular complexity index is 1050. The fourth-order valence-corrected chi connectivity index (χ4v) is 3.82. The Kier molecular flexibility index (Phi) is 3.41. The van der Waals surface area contributed by atoms with E-state index >= 15 is 0 Å². The van der Waals surface area contributed by atoms with E-state index in [0.717, 1.165) is 0 Å². The highest BCUT2D eigenvalue weighted by molar-refractivity contribution is 5.75. The Balaban J connectivity index is 1.58. The fourth-order valence-electron chi connectivity index (χ4n) is 3.82. The Morgan fingerprint density at radius 1 is 1.23 bits per heavy atom. The zero-order valence-electron chi connectivity index (χ0n) is 13.7. The van der Waals surface area contributed by atoms with E-state index in [-0.39, 0.29) is 41.6 Å². The molecule has 0 amide bonds. The van der Waals surface area contributed by atoms with Crippen molar-refractivity contribution in [3.63, 3.8) is 0 Å². The van der Waals surface area contributed by atoms with E-state index in [1.165, 1.54) is 15.4 Å². The molecule has 1 saturated carbocycles. The van der Waals surface area contributed by atoms with Gasteiger partial charge in [-0.05, 0) is 6.07 Å². The Hall–Kier alpha value is -2.65. The number of fused-ring (bicyclic) bond motifs is 2. The number of benzene rings is 1. The maximum atomic E-state index is 13.9. The molecule has 2 aromatic heterocycles. The predicted octanol–water partition coefficient (Wildman–Crippen LogP) is 0.485. The van der Waals surface area contributed by atoms with Crippen molar-refractivity contribution in [2.24, 2.45) is 11.8 Å². The lowest BCUT2D eigenvalue weighted by Gasteiger charge is -2.06. The largest absolute Gasteiger partial charge is 0.390 e. The van der Waals surface area contributed by atoms with E-state index in [9.17, 15) is 14.3 Å². The van der Waals surface area contributed by atoms with Crippen molar-refractivity contribution in [2.45, 2.75) is 19.2 Å². The molecule has 0 bridgehead atoms. The van der Waals surface area contributed by atoms with Crippen LogP contribution in [0.3, 0.4) is 0 Å². The van der Waals surface area contributed by atoms with Crippen LogP contribution in [-0.2, 0) is 17.9 Å². The van der Waals surface area contributed by atoms with E-state index in [1.807, 2.05) is 0 Å². The van der Waals surface area contributed by atoms with Gasteiger partial charge in [0.15, 0.2) is 5.52 Å². The average Bonchev–Trinajstić information content (AvgIpc) is 2.98. The third kappa shape index (κ3) is 2.20. The highest BCUT2D eigenvalue weighted by Crippen LogP contribution is 2.53. The summed E-state index contributed by atoms with van der Waals surface area (Å²) >= 11 is 0. The number of hydrogen-bond acceptors (Lipinski definition) is 6. The quantitative estimate of drug-likeness (QED) is 0.730. The lowest BCUT2D eigenvalue weighted by molar-refractivity contribution is 0.149. The van der Waals surface area contributed by atoms with Crippen LogP contribution in [0.4, 0.5) is 4.39 Å². The van der Waals surface area contributed by atoms with Crippen LogP contribution in [0.1, 0.15) is 17.3 Å². The van der Waals surface area contributed by atoms with Gasteiger partial charge >= 0.3 is 0 Å². The van der Waals surface area contributed by atoms with E-state index in [4.69, 9.17) is 4.74 Å². The maximum Gasteiger partial charge on any atom is 0.298 e. The van der Waals surface area contributed by atoms with Gasteiger partial charge in [0.25, 0.3) is 5.56 Å². The first kappa shape index (κ1) is 15.6. The summed E-state index contributed by atoms with van der Waals surface area (Å²) in [4.78, 5) is 12.8. The van der Waals surface area contributed by atoms with Crippen molar-refractivity contribution in [1.29, 1.82) is 0 Å². The number of rotatable bonds is 4. The minimum absolute atomic E-state index is 0.00226. The molecule has 5 rings (SSSR count). The number of aromatic nitrogens is 5. The SMILES string of the molecule is O=c1c2nn(Cc3ccccc3F)c(CO)c2nnn1[C@@H]1[C@@H]2COC[C@@H]21. The van der Waals surface area contributed by atoms with Gasteiger partial charge < -0.3 is 9.84 Å². The highest BCUT2D eigenvalue weighted by Gasteiger charge is 2.56. The van der Waals surface area contributed by atoms with Crippen molar-refractivity contribution in [3.8, 4) is 0 Å². The second-order valence-corrected chi connectivity index (χ2v) is 6.75. The lowest BCUT2D eigenvalue weighted by Crippen LogP contribution is -2.26. The second kappa shape index (κ2) is 5.68. The second-order valence-electron chi connectivity index (χ2n) is 6.75. The number of ether oxygens (including phenoxy) is 1. The van der Waals surface area contributed by atoms with E-state index in [2.05, 4.69) is 15.4 Å². The van der Waals surface area contributed by atoms with Gasteiger partial charge in [0.1, 0.15) is 11.3 Å². The monoisotopic (exact) mass is 357 g/mol. The van der Waals surface area contributed by atoms with Crippen molar-refractivity contribution in [3.05, 3.63) is 51.7 Å². The van der Waals surface area contributed by atoms with Crippen LogP contribution in [0.5, 0.6) is 0 Å². The molecule has 1 aromatic carbocycles. The zero-order valence-corrected chi connectivity index (χ0v) is 13.7. The third-order valence-electron chi connectivity index (χ3n) is 5.30. The van der Waals surface area contributed by atoms with Gasteiger partial charge in [0, 0.05) is 17.4 Å². The molecule has 1 N–H and O–H groups in total. The van der Waals surface area contributed by atoms with Crippen LogP contribution in [-0.4, -0.2) is 43.1 Å². The van der Waals surface area contributed by atoms with Crippen molar-refractivity contribution < 1.29 is 14.2 Å². The number of halogens is 1. The summed E-state index contributed by atoms with van der Waals surface area (Å²) in [7, 11) is 0. The number of aliphatic hydroxyl groups is 1. The van der Waals surface area contributed by atoms with Crippen LogP contribution in [0.25, 0.3) is 11.0 Å². The fraction of sp³-hybridized carbons (Fsp3) is 0.412. The molecule has 1 aliphatic heterocycles. The first-order valence-electron chi connectivity index (χ1n) is 8.46. The summed E-state index contributed by atoms with van der Waals surface area (Å²) in [6, 6.07) is 6.32. The summed E-state index contributed by atoms with van der Waals surface area (Å²) in [5.41, 5.74) is 0.825. The highest BCUT2D eigenvalue weighted by atomic mass is 19.1. The van der Waals surface area contributed by atoms with Crippen molar-refractivity contribution in [1.82, 2.24) is 24.8 Å². The molecule has 2 fully saturated rings. The molecule has 9 heteroatoms. The lowest BCUT2D eigenvalue weighted by atomic mass is 10.2. The molecule has 8 nitrogen and oxygen atoms in total. The molecule has 2 aliphatic rings. The summed E-state index contributed by atoms with van der Waals surface area (Å²) in [5, 5.41) is 22.2. The molecule has 26 heavy (non-hydrogen) atoms. The van der Waals surface area contributed by atoms with Gasteiger partial charge in [-0.25, -0.2) is 9.07 Å². The number of hydrogen-bond donors (Lipinski definition) is 1. The first-order valence-corrected chi connectivity index (χ1v) is 8.46. The van der Waals surface area contributed by atoms with Crippen LogP contribution >= 0.6 is 0 Å². The van der Waals surface area contributed by atoms with Crippen LogP contribution < -0.4 is 5.56 Å². The standard InChI is InChI=1S/C17H16FN5O3/c18-12-4-2-1-3-9(12)5-22-13(6-24)14-15(20-22)17(25)23(21-19-14)16-10-7-26-8-11(10)16/h1-4,10-11,16,24H,5-8H2/t10-,11+,16-. The Morgan fingerprint density at radius 2 is 2.00 bits per heavy atom. The molecule has 1 saturated heterocycles. The van der Waals surface area contributed by atoms with Gasteiger partial charge in [0.05, 0.1) is 38.1 Å². The number of nitrogens with zero attached hydrogens (tertiary/aromatic N) is 5. The van der Waals surface area contributed by atoms with Gasteiger partial charge in [-0.2, -0.15) is 5.10 Å². The van der Waals surface area contributed by atoms with Gasteiger partial charge in [-0.1, -0.05) is 23.4 Å². The first-order chi connectivity index (χ1) is 12.7. The third-order valence-corrected chi connectivity index (χ3v) is 5.30. The normalized spacial score (nSPS) is 24.2. The molecule has 0 unspecified atom stereocenters. The topological polar surface area (TPSA) is 95.1 Å². The molecular formula is C17H16FN5O3. The van der Waals surface area contributed by atoms with E-state index in [0.29, 0.717) is 36.3 Å². The summed E-state index contributed by atoms with van der Waals surface area (Å²) in [5.74, 6) is 0.236. The Labute approximate surface area is 146 Å². The number of aliphatic hydroxyl groups excluding tert-OH is 1. The predicted molar refractivity (Wildman–Crippen MR) is 87.8 cm³/mol. The summed E-state index contributed by atoms with van der Waals surface area (Å²) in [6.07, 6.45) is 0. The maximum absolute atomic E-state index is 13.9. The van der Waals surface area contributed by atoms with Gasteiger partial charge in [-0.3, -0.25) is 9.48 Å². The smallest absolute Gasteiger partial charge is 0.298 e. The molecule has 1 aliphatic carbocycles. The summed E-state index contributed by atoms with van der Waals surface area (Å²) < 4.78 is 22.1. The van der Waals surface area contributed by atoms with Crippen molar-refractivity contribution >= 4 is 11.0 Å². The Morgan fingerprint density at radius 3 is 2.73 bits per heavy atom. The van der Waals surface area contributed by atoms with Crippen LogP contribution in [0.2, 0.25) is 0 Å². The molecule has 0 spiro atoms. The van der Waals surface area contributed by atoms with Crippen LogP contribution in [0, 0.1) is 17.7 Å². The average molecular weight is 357 g/mol.